The zero-order chi connectivity index (χ0) is 14.4. The van der Waals surface area contributed by atoms with Crippen molar-refractivity contribution in [1.82, 2.24) is 4.98 Å². The fraction of sp³-hybridized carbons (Fsp3) is 0.200. The van der Waals surface area contributed by atoms with Crippen LogP contribution in [0.3, 0.4) is 0 Å². The normalized spacial score (nSPS) is 10.1. The Hall–Kier alpha value is -2.14. The monoisotopic (exact) mass is 287 g/mol. The van der Waals surface area contributed by atoms with E-state index in [1.54, 1.807) is 19.4 Å². The summed E-state index contributed by atoms with van der Waals surface area (Å²) in [5, 5.41) is 3.26. The van der Waals surface area contributed by atoms with E-state index in [4.69, 9.17) is 22.7 Å². The molecule has 0 saturated carbocycles. The van der Waals surface area contributed by atoms with E-state index < -0.39 is 0 Å². The predicted octanol–water partition coefficient (Wildman–Crippen LogP) is 2.38. The summed E-state index contributed by atoms with van der Waals surface area (Å²) < 4.78 is 5.20. The fourth-order valence-electron chi connectivity index (χ4n) is 1.84. The Morgan fingerprint density at radius 3 is 2.95 bits per heavy atom. The number of nitrogens with one attached hydrogen (secondary N) is 1. The minimum atomic E-state index is 0.378. The van der Waals surface area contributed by atoms with Crippen LogP contribution in [-0.4, -0.2) is 23.6 Å². The third-order valence-electron chi connectivity index (χ3n) is 2.90. The van der Waals surface area contributed by atoms with Crippen LogP contribution in [-0.2, 0) is 6.42 Å². The second-order valence-corrected chi connectivity index (χ2v) is 4.76. The highest BCUT2D eigenvalue weighted by Crippen LogP contribution is 2.13. The molecule has 0 atom stereocenters. The number of hydrogen-bond donors (Lipinski definition) is 2. The lowest BCUT2D eigenvalue weighted by atomic mass is 10.1. The van der Waals surface area contributed by atoms with E-state index in [1.165, 1.54) is 5.56 Å². The summed E-state index contributed by atoms with van der Waals surface area (Å²) in [4.78, 5) is 4.61. The lowest BCUT2D eigenvalue weighted by Crippen LogP contribution is -2.11. The molecule has 1 aromatic heterocycles. The molecule has 2 rings (SSSR count). The number of aromatic nitrogens is 1. The minimum absolute atomic E-state index is 0.378. The summed E-state index contributed by atoms with van der Waals surface area (Å²) in [7, 11) is 1.67. The van der Waals surface area contributed by atoms with E-state index in [0.29, 0.717) is 4.99 Å². The van der Waals surface area contributed by atoms with Crippen LogP contribution in [0.5, 0.6) is 5.75 Å². The smallest absolute Gasteiger partial charge is 0.126 e. The molecule has 0 amide bonds. The van der Waals surface area contributed by atoms with Crippen LogP contribution in [0.1, 0.15) is 11.1 Å². The van der Waals surface area contributed by atoms with Crippen LogP contribution >= 0.6 is 12.2 Å². The van der Waals surface area contributed by atoms with Gasteiger partial charge in [-0.05, 0) is 36.2 Å². The Balaban J connectivity index is 1.92. The molecule has 0 radical (unpaired) electrons. The summed E-state index contributed by atoms with van der Waals surface area (Å²) in [5.74, 6) is 1.65. The van der Waals surface area contributed by atoms with E-state index in [-0.39, 0.29) is 0 Å². The van der Waals surface area contributed by atoms with Gasteiger partial charge in [0, 0.05) is 18.3 Å². The zero-order valence-electron chi connectivity index (χ0n) is 11.3. The topological polar surface area (TPSA) is 60.2 Å². The Morgan fingerprint density at radius 2 is 2.20 bits per heavy atom. The highest BCUT2D eigenvalue weighted by Gasteiger charge is 2.00. The van der Waals surface area contributed by atoms with Gasteiger partial charge in [-0.25, -0.2) is 4.98 Å². The molecule has 20 heavy (non-hydrogen) atoms. The molecule has 0 saturated heterocycles. The van der Waals surface area contributed by atoms with Gasteiger partial charge >= 0.3 is 0 Å². The molecule has 5 heteroatoms. The maximum absolute atomic E-state index is 5.60. The van der Waals surface area contributed by atoms with E-state index >= 15 is 0 Å². The van der Waals surface area contributed by atoms with Gasteiger partial charge in [-0.1, -0.05) is 24.4 Å². The molecular formula is C15H17N3OS. The first-order chi connectivity index (χ1) is 9.69. The number of methoxy groups -OCH3 is 1. The molecule has 0 aliphatic heterocycles. The van der Waals surface area contributed by atoms with Gasteiger partial charge in [-0.15, -0.1) is 0 Å². The van der Waals surface area contributed by atoms with Crippen molar-refractivity contribution in [1.29, 1.82) is 0 Å². The number of nitrogens with two attached hydrogens (primary N) is 1. The number of hydrogen-bond acceptors (Lipinski definition) is 4. The Morgan fingerprint density at radius 1 is 1.35 bits per heavy atom. The average Bonchev–Trinajstić information content (AvgIpc) is 2.48. The van der Waals surface area contributed by atoms with E-state index in [1.807, 2.05) is 24.3 Å². The van der Waals surface area contributed by atoms with Crippen LogP contribution in [0, 0.1) is 0 Å². The maximum atomic E-state index is 5.60. The molecule has 0 fully saturated rings. The van der Waals surface area contributed by atoms with Gasteiger partial charge in [0.05, 0.1) is 7.11 Å². The summed E-state index contributed by atoms with van der Waals surface area (Å²) in [5.41, 5.74) is 7.63. The molecule has 1 heterocycles. The van der Waals surface area contributed by atoms with E-state index in [9.17, 15) is 0 Å². The van der Waals surface area contributed by atoms with Crippen LogP contribution in [0.25, 0.3) is 0 Å². The number of thiocarbonyl (C=S) groups is 1. The summed E-state index contributed by atoms with van der Waals surface area (Å²) in [6, 6.07) is 11.7. The van der Waals surface area contributed by atoms with Gasteiger partial charge in [-0.3, -0.25) is 0 Å². The highest BCUT2D eigenvalue weighted by atomic mass is 32.1. The van der Waals surface area contributed by atoms with Crippen molar-refractivity contribution in [3.8, 4) is 5.75 Å². The zero-order valence-corrected chi connectivity index (χ0v) is 12.1. The number of pyridine rings is 1. The van der Waals surface area contributed by atoms with Gasteiger partial charge in [0.15, 0.2) is 0 Å². The summed E-state index contributed by atoms with van der Waals surface area (Å²) in [6.45, 7) is 0.779. The molecule has 0 aliphatic rings. The fourth-order valence-corrected chi connectivity index (χ4v) is 1.97. The van der Waals surface area contributed by atoms with Gasteiger partial charge < -0.3 is 15.8 Å². The molecule has 2 aromatic rings. The molecule has 0 bridgehead atoms. The Bertz CT molecular complexity index is 601. The number of anilines is 1. The third-order valence-corrected chi connectivity index (χ3v) is 3.13. The Labute approximate surface area is 124 Å². The molecular weight excluding hydrogens is 270 g/mol. The molecule has 1 aromatic carbocycles. The lowest BCUT2D eigenvalue weighted by Gasteiger charge is -2.08. The highest BCUT2D eigenvalue weighted by molar-refractivity contribution is 7.80. The van der Waals surface area contributed by atoms with Crippen molar-refractivity contribution in [2.24, 2.45) is 5.73 Å². The molecule has 0 unspecified atom stereocenters. The molecule has 3 N–H and O–H groups in total. The standard InChI is InChI=1S/C15H17N3OS/c1-19-13-4-2-3-11(9-13)5-7-17-14-10-12(15(16)20)6-8-18-14/h2-4,6,8-10H,5,7H2,1H3,(H2,16,20)(H,17,18). The van der Waals surface area contributed by atoms with Gasteiger partial charge in [-0.2, -0.15) is 0 Å². The lowest BCUT2D eigenvalue weighted by molar-refractivity contribution is 0.414. The molecule has 0 aliphatic carbocycles. The number of nitrogens with zero attached hydrogens (tertiary/aromatic N) is 1. The van der Waals surface area contributed by atoms with Crippen molar-refractivity contribution in [2.45, 2.75) is 6.42 Å². The average molecular weight is 287 g/mol. The maximum Gasteiger partial charge on any atom is 0.126 e. The largest absolute Gasteiger partial charge is 0.497 e. The van der Waals surface area contributed by atoms with Crippen molar-refractivity contribution >= 4 is 23.0 Å². The first-order valence-corrected chi connectivity index (χ1v) is 6.72. The second-order valence-electron chi connectivity index (χ2n) is 4.32. The van der Waals surface area contributed by atoms with Crippen LogP contribution in [0.2, 0.25) is 0 Å². The van der Waals surface area contributed by atoms with Crippen molar-refractivity contribution in [3.63, 3.8) is 0 Å². The number of benzene rings is 1. The Kier molecular flexibility index (Phi) is 4.90. The van der Waals surface area contributed by atoms with Crippen molar-refractivity contribution < 1.29 is 4.74 Å². The predicted molar refractivity (Wildman–Crippen MR) is 85.3 cm³/mol. The first-order valence-electron chi connectivity index (χ1n) is 6.31. The molecule has 0 spiro atoms. The van der Waals surface area contributed by atoms with Crippen molar-refractivity contribution in [2.75, 3.05) is 19.0 Å². The third kappa shape index (κ3) is 3.93. The first kappa shape index (κ1) is 14.3. The van der Waals surface area contributed by atoms with Crippen LogP contribution in [0.15, 0.2) is 42.6 Å². The van der Waals surface area contributed by atoms with Crippen molar-refractivity contribution in [3.05, 3.63) is 53.7 Å². The van der Waals surface area contributed by atoms with E-state index in [2.05, 4.69) is 16.4 Å². The second kappa shape index (κ2) is 6.86. The van der Waals surface area contributed by atoms with Crippen LogP contribution in [0.4, 0.5) is 5.82 Å². The van der Waals surface area contributed by atoms with Crippen LogP contribution < -0.4 is 15.8 Å². The number of ether oxygens (including phenoxy) is 1. The SMILES string of the molecule is COc1cccc(CCNc2cc(C(N)=S)ccn2)c1. The van der Waals surface area contributed by atoms with Gasteiger partial charge in [0.1, 0.15) is 16.6 Å². The van der Waals surface area contributed by atoms with Gasteiger partial charge in [0.2, 0.25) is 0 Å². The summed E-state index contributed by atoms with van der Waals surface area (Å²) >= 11 is 4.95. The molecule has 4 nitrogen and oxygen atoms in total. The summed E-state index contributed by atoms with van der Waals surface area (Å²) in [6.07, 6.45) is 2.58. The number of rotatable bonds is 6. The van der Waals surface area contributed by atoms with E-state index in [0.717, 1.165) is 30.1 Å². The minimum Gasteiger partial charge on any atom is -0.497 e. The van der Waals surface area contributed by atoms with Gasteiger partial charge in [0.25, 0.3) is 0 Å². The quantitative estimate of drug-likeness (QED) is 0.799. The molecule has 104 valence electrons.